The van der Waals surface area contributed by atoms with Crippen molar-refractivity contribution in [2.45, 2.75) is 55.1 Å². The first kappa shape index (κ1) is 23.9. The van der Waals surface area contributed by atoms with Gasteiger partial charge in [-0.15, -0.1) is 18.3 Å². The third-order valence-electron chi connectivity index (χ3n) is 6.68. The number of nitrogens with zero attached hydrogens (tertiary/aromatic N) is 2. The van der Waals surface area contributed by atoms with Crippen molar-refractivity contribution in [2.24, 2.45) is 11.8 Å². The van der Waals surface area contributed by atoms with Gasteiger partial charge in [-0.25, -0.2) is 0 Å². The molecule has 5 atom stereocenters. The van der Waals surface area contributed by atoms with E-state index in [1.165, 1.54) is 11.0 Å². The number of rotatable bonds is 12. The molecule has 0 saturated carbocycles. The standard InChI is InChI=1S/C23H34N2O5S/c1-4-7-8-12-24(11-5-2)21(28)19-23-10-9-16(31-23)17(22(29)30-15-6-3)18(23)20(27)25(19)13-14-26/h5-6,16-19,26H,2-4,7-15H2,1H3/t16-,17+,18+,19?,23?/m1/s1. The molecule has 172 valence electrons. The van der Waals surface area contributed by atoms with E-state index < -0.39 is 22.6 Å². The van der Waals surface area contributed by atoms with Crippen LogP contribution in [0.25, 0.3) is 0 Å². The maximum Gasteiger partial charge on any atom is 0.311 e. The van der Waals surface area contributed by atoms with E-state index in [1.807, 2.05) is 0 Å². The van der Waals surface area contributed by atoms with Crippen LogP contribution < -0.4 is 0 Å². The van der Waals surface area contributed by atoms with Crippen molar-refractivity contribution in [2.75, 3.05) is 32.8 Å². The Balaban J connectivity index is 1.93. The number of carbonyl (C=O) groups is 3. The molecule has 7 nitrogen and oxygen atoms in total. The Kier molecular flexibility index (Phi) is 7.86. The fraction of sp³-hybridized carbons (Fsp3) is 0.696. The average molecular weight is 451 g/mol. The highest BCUT2D eigenvalue weighted by Gasteiger charge is 2.74. The zero-order valence-corrected chi connectivity index (χ0v) is 19.1. The van der Waals surface area contributed by atoms with E-state index in [9.17, 15) is 19.5 Å². The highest BCUT2D eigenvalue weighted by atomic mass is 32.2. The van der Waals surface area contributed by atoms with Gasteiger partial charge in [0.15, 0.2) is 0 Å². The lowest BCUT2D eigenvalue weighted by atomic mass is 9.71. The number of likely N-dealkylation sites (tertiary alicyclic amines) is 1. The Labute approximate surface area is 188 Å². The number of thioether (sulfide) groups is 1. The van der Waals surface area contributed by atoms with Crippen molar-refractivity contribution < 1.29 is 24.2 Å². The summed E-state index contributed by atoms with van der Waals surface area (Å²) in [5, 5.41) is 9.61. The van der Waals surface area contributed by atoms with Crippen LogP contribution in [-0.2, 0) is 19.1 Å². The minimum atomic E-state index is -0.675. The van der Waals surface area contributed by atoms with Crippen molar-refractivity contribution in [3.05, 3.63) is 25.3 Å². The second kappa shape index (κ2) is 10.2. The fourth-order valence-electron chi connectivity index (χ4n) is 5.46. The number of aliphatic hydroxyl groups excluding tert-OH is 1. The van der Waals surface area contributed by atoms with Crippen LogP contribution in [0.2, 0.25) is 0 Å². The summed E-state index contributed by atoms with van der Waals surface area (Å²) >= 11 is 1.61. The number of aliphatic hydroxyl groups is 1. The summed E-state index contributed by atoms with van der Waals surface area (Å²) in [6.45, 7) is 10.5. The van der Waals surface area contributed by atoms with E-state index in [0.29, 0.717) is 19.5 Å². The van der Waals surface area contributed by atoms with Crippen LogP contribution in [0.15, 0.2) is 25.3 Å². The van der Waals surface area contributed by atoms with Crippen molar-refractivity contribution in [1.29, 1.82) is 0 Å². The molecule has 1 spiro atoms. The first-order valence-electron chi connectivity index (χ1n) is 11.2. The van der Waals surface area contributed by atoms with Crippen molar-refractivity contribution in [1.82, 2.24) is 9.80 Å². The van der Waals surface area contributed by atoms with Gasteiger partial charge in [0.05, 0.1) is 23.2 Å². The van der Waals surface area contributed by atoms with Crippen LogP contribution in [0.5, 0.6) is 0 Å². The van der Waals surface area contributed by atoms with Gasteiger partial charge in [-0.1, -0.05) is 38.5 Å². The molecule has 0 aromatic carbocycles. The van der Waals surface area contributed by atoms with Crippen LogP contribution in [0, 0.1) is 11.8 Å². The molecule has 2 bridgehead atoms. The van der Waals surface area contributed by atoms with Gasteiger partial charge < -0.3 is 19.6 Å². The van der Waals surface area contributed by atoms with Crippen LogP contribution in [0.4, 0.5) is 0 Å². The quantitative estimate of drug-likeness (QED) is 0.278. The van der Waals surface area contributed by atoms with E-state index in [1.54, 1.807) is 22.7 Å². The monoisotopic (exact) mass is 450 g/mol. The molecule has 2 unspecified atom stereocenters. The normalized spacial score (nSPS) is 30.9. The minimum absolute atomic E-state index is 0.0224. The number of unbranched alkanes of at least 4 members (excludes halogenated alkanes) is 2. The SMILES string of the molecule is C=CCOC(=O)[C@@H]1[C@H]2C(=O)N(CCO)C(C(=O)N(CC=C)CCCCC)C23CC[C@H]1S3. The molecule has 31 heavy (non-hydrogen) atoms. The molecule has 3 aliphatic rings. The molecule has 1 N–H and O–H groups in total. The van der Waals surface area contributed by atoms with E-state index in [-0.39, 0.29) is 42.8 Å². The number of hydrogen-bond donors (Lipinski definition) is 1. The van der Waals surface area contributed by atoms with Gasteiger partial charge in [0.2, 0.25) is 11.8 Å². The van der Waals surface area contributed by atoms with Crippen LogP contribution in [-0.4, -0.2) is 81.6 Å². The summed E-state index contributed by atoms with van der Waals surface area (Å²) in [5.41, 5.74) is 0. The van der Waals surface area contributed by atoms with Gasteiger partial charge in [-0.2, -0.15) is 0 Å². The second-order valence-corrected chi connectivity index (χ2v) is 10.1. The number of β-amino-alcohol motifs (C(OH)–C–C–N with tert-alkyl or cyclic N) is 1. The summed E-state index contributed by atoms with van der Waals surface area (Å²) in [6, 6.07) is -0.675. The highest BCUT2D eigenvalue weighted by Crippen LogP contribution is 2.66. The van der Waals surface area contributed by atoms with Gasteiger partial charge in [0.25, 0.3) is 0 Å². The van der Waals surface area contributed by atoms with Gasteiger partial charge >= 0.3 is 5.97 Å². The first-order valence-corrected chi connectivity index (χ1v) is 12.1. The Morgan fingerprint density at radius 2 is 2.13 bits per heavy atom. The molecular formula is C23H34N2O5S. The molecule has 0 aromatic rings. The molecule has 2 amide bonds. The van der Waals surface area contributed by atoms with E-state index >= 15 is 0 Å². The lowest BCUT2D eigenvalue weighted by Crippen LogP contribution is -2.55. The maximum atomic E-state index is 13.8. The van der Waals surface area contributed by atoms with Gasteiger partial charge in [0, 0.05) is 24.9 Å². The molecule has 8 heteroatoms. The van der Waals surface area contributed by atoms with Gasteiger partial charge in [-0.05, 0) is 19.3 Å². The molecule has 3 aliphatic heterocycles. The number of fused-ring (bicyclic) bond motifs is 1. The average Bonchev–Trinajstić information content (AvgIpc) is 3.39. The fourth-order valence-corrected chi connectivity index (χ4v) is 7.66. The number of hydrogen-bond acceptors (Lipinski definition) is 6. The van der Waals surface area contributed by atoms with Gasteiger partial charge in [0.1, 0.15) is 12.6 Å². The van der Waals surface area contributed by atoms with E-state index in [4.69, 9.17) is 4.74 Å². The zero-order chi connectivity index (χ0) is 22.6. The molecule has 0 radical (unpaired) electrons. The Hall–Kier alpha value is -1.80. The summed E-state index contributed by atoms with van der Waals surface area (Å²) < 4.78 is 4.68. The molecule has 3 heterocycles. The summed E-state index contributed by atoms with van der Waals surface area (Å²) in [4.78, 5) is 43.4. The summed E-state index contributed by atoms with van der Waals surface area (Å²) in [6.07, 6.45) is 7.66. The van der Waals surface area contributed by atoms with E-state index in [2.05, 4.69) is 20.1 Å². The number of amides is 2. The molecule has 0 aromatic heterocycles. The van der Waals surface area contributed by atoms with E-state index in [0.717, 1.165) is 25.7 Å². The van der Waals surface area contributed by atoms with Crippen molar-refractivity contribution in [3.8, 4) is 0 Å². The summed E-state index contributed by atoms with van der Waals surface area (Å²) in [5.74, 6) is -1.85. The first-order chi connectivity index (χ1) is 15.0. The summed E-state index contributed by atoms with van der Waals surface area (Å²) in [7, 11) is 0. The smallest absolute Gasteiger partial charge is 0.311 e. The molecule has 0 aliphatic carbocycles. The Morgan fingerprint density at radius 1 is 1.35 bits per heavy atom. The zero-order valence-electron chi connectivity index (χ0n) is 18.3. The highest BCUT2D eigenvalue weighted by molar-refractivity contribution is 8.02. The molecule has 3 saturated heterocycles. The maximum absolute atomic E-state index is 13.8. The minimum Gasteiger partial charge on any atom is -0.461 e. The Morgan fingerprint density at radius 3 is 2.77 bits per heavy atom. The lowest BCUT2D eigenvalue weighted by Gasteiger charge is -2.37. The predicted octanol–water partition coefficient (Wildman–Crippen LogP) is 2.00. The molecule has 3 rings (SSSR count). The van der Waals surface area contributed by atoms with Gasteiger partial charge in [-0.3, -0.25) is 14.4 Å². The topological polar surface area (TPSA) is 87.1 Å². The Bertz CT molecular complexity index is 729. The van der Waals surface area contributed by atoms with Crippen molar-refractivity contribution in [3.63, 3.8) is 0 Å². The second-order valence-electron chi connectivity index (χ2n) is 8.51. The third kappa shape index (κ3) is 4.16. The predicted molar refractivity (Wildman–Crippen MR) is 120 cm³/mol. The molecular weight excluding hydrogens is 416 g/mol. The number of carbonyl (C=O) groups excluding carboxylic acids is 3. The van der Waals surface area contributed by atoms with Crippen LogP contribution >= 0.6 is 11.8 Å². The van der Waals surface area contributed by atoms with Crippen molar-refractivity contribution >= 4 is 29.5 Å². The van der Waals surface area contributed by atoms with Crippen LogP contribution in [0.3, 0.4) is 0 Å². The number of esters is 1. The largest absolute Gasteiger partial charge is 0.461 e. The lowest BCUT2D eigenvalue weighted by molar-refractivity contribution is -0.153. The number of ether oxygens (including phenoxy) is 1. The third-order valence-corrected chi connectivity index (χ3v) is 8.64. The molecule has 3 fully saturated rings. The van der Waals surface area contributed by atoms with Crippen LogP contribution in [0.1, 0.15) is 39.0 Å².